The molecule has 5 nitrogen and oxygen atoms in total. The monoisotopic (exact) mass is 347 g/mol. The van der Waals surface area contributed by atoms with Gasteiger partial charge < -0.3 is 9.64 Å². The molecule has 26 heavy (non-hydrogen) atoms. The van der Waals surface area contributed by atoms with Gasteiger partial charge in [-0.05, 0) is 43.2 Å². The van der Waals surface area contributed by atoms with Gasteiger partial charge in [-0.25, -0.2) is 4.68 Å². The van der Waals surface area contributed by atoms with E-state index in [4.69, 9.17) is 9.84 Å². The molecule has 132 valence electrons. The van der Waals surface area contributed by atoms with E-state index in [0.29, 0.717) is 5.69 Å². The van der Waals surface area contributed by atoms with Crippen LogP contribution in [0.1, 0.15) is 23.3 Å². The van der Waals surface area contributed by atoms with Crippen molar-refractivity contribution in [2.75, 3.05) is 20.2 Å². The number of benzene rings is 2. The quantitative estimate of drug-likeness (QED) is 0.721. The second-order valence-corrected chi connectivity index (χ2v) is 6.39. The van der Waals surface area contributed by atoms with E-state index in [1.54, 1.807) is 11.8 Å². The Balaban J connectivity index is 1.80. The van der Waals surface area contributed by atoms with Crippen molar-refractivity contribution in [3.05, 3.63) is 66.4 Å². The van der Waals surface area contributed by atoms with Crippen LogP contribution in [0.15, 0.2) is 60.7 Å². The van der Waals surface area contributed by atoms with Gasteiger partial charge in [-0.2, -0.15) is 5.10 Å². The van der Waals surface area contributed by atoms with Gasteiger partial charge in [0.2, 0.25) is 0 Å². The van der Waals surface area contributed by atoms with Crippen LogP contribution < -0.4 is 4.74 Å². The van der Waals surface area contributed by atoms with Gasteiger partial charge >= 0.3 is 0 Å². The van der Waals surface area contributed by atoms with Gasteiger partial charge in [0, 0.05) is 18.7 Å². The van der Waals surface area contributed by atoms with Crippen LogP contribution in [-0.2, 0) is 0 Å². The third-order valence-electron chi connectivity index (χ3n) is 4.69. The number of hydrogen-bond donors (Lipinski definition) is 0. The van der Waals surface area contributed by atoms with Gasteiger partial charge in [0.1, 0.15) is 11.4 Å². The highest BCUT2D eigenvalue weighted by Gasteiger charge is 2.24. The lowest BCUT2D eigenvalue weighted by Crippen LogP contribution is -2.29. The second kappa shape index (κ2) is 7.04. The fourth-order valence-corrected chi connectivity index (χ4v) is 3.31. The topological polar surface area (TPSA) is 47.4 Å². The van der Waals surface area contributed by atoms with Crippen LogP contribution in [0.2, 0.25) is 0 Å². The van der Waals surface area contributed by atoms with E-state index in [1.807, 2.05) is 65.6 Å². The molecule has 1 fully saturated rings. The van der Waals surface area contributed by atoms with Crippen LogP contribution in [-0.4, -0.2) is 40.8 Å². The molecule has 2 aromatic carbocycles. The predicted molar refractivity (Wildman–Crippen MR) is 101 cm³/mol. The number of aromatic nitrogens is 2. The normalized spacial score (nSPS) is 13.8. The minimum absolute atomic E-state index is 0.0352. The second-order valence-electron chi connectivity index (χ2n) is 6.39. The van der Waals surface area contributed by atoms with Gasteiger partial charge in [-0.15, -0.1) is 0 Å². The lowest BCUT2D eigenvalue weighted by molar-refractivity contribution is 0.0784. The van der Waals surface area contributed by atoms with Crippen molar-refractivity contribution in [3.63, 3.8) is 0 Å². The molecule has 0 bridgehead atoms. The number of para-hydroxylation sites is 1. The molecule has 1 aromatic heterocycles. The zero-order chi connectivity index (χ0) is 17.9. The lowest BCUT2D eigenvalue weighted by atomic mass is 10.1. The van der Waals surface area contributed by atoms with Crippen LogP contribution in [0.25, 0.3) is 16.9 Å². The van der Waals surface area contributed by atoms with E-state index in [-0.39, 0.29) is 5.91 Å². The molecule has 0 atom stereocenters. The van der Waals surface area contributed by atoms with Gasteiger partial charge in [0.25, 0.3) is 5.91 Å². The number of hydrogen-bond acceptors (Lipinski definition) is 3. The maximum atomic E-state index is 13.0. The van der Waals surface area contributed by atoms with Crippen molar-refractivity contribution in [3.8, 4) is 22.7 Å². The highest BCUT2D eigenvalue weighted by atomic mass is 16.5. The zero-order valence-electron chi connectivity index (χ0n) is 14.8. The molecule has 0 saturated carbocycles. The lowest BCUT2D eigenvalue weighted by Gasteiger charge is -2.15. The fourth-order valence-electron chi connectivity index (χ4n) is 3.31. The third kappa shape index (κ3) is 3.08. The van der Waals surface area contributed by atoms with Crippen molar-refractivity contribution in [1.82, 2.24) is 14.7 Å². The summed E-state index contributed by atoms with van der Waals surface area (Å²) in [6, 6.07) is 19.4. The first-order chi connectivity index (χ1) is 12.8. The molecule has 1 saturated heterocycles. The van der Waals surface area contributed by atoms with Crippen molar-refractivity contribution in [2.45, 2.75) is 12.8 Å². The van der Waals surface area contributed by atoms with Crippen LogP contribution in [0.5, 0.6) is 5.75 Å². The highest BCUT2D eigenvalue weighted by molar-refractivity contribution is 5.94. The Morgan fingerprint density at radius 1 is 1.00 bits per heavy atom. The van der Waals surface area contributed by atoms with E-state index in [9.17, 15) is 4.79 Å². The molecular weight excluding hydrogens is 326 g/mol. The van der Waals surface area contributed by atoms with E-state index < -0.39 is 0 Å². The molecule has 0 unspecified atom stereocenters. The molecule has 0 radical (unpaired) electrons. The molecule has 0 spiro atoms. The van der Waals surface area contributed by atoms with E-state index in [1.165, 1.54) is 0 Å². The molecule has 2 heterocycles. The summed E-state index contributed by atoms with van der Waals surface area (Å²) in [7, 11) is 1.64. The zero-order valence-corrected chi connectivity index (χ0v) is 14.8. The molecular formula is C21H21N3O2. The summed E-state index contributed by atoms with van der Waals surface area (Å²) in [6.45, 7) is 1.63. The summed E-state index contributed by atoms with van der Waals surface area (Å²) < 4.78 is 7.06. The summed E-state index contributed by atoms with van der Waals surface area (Å²) in [5.41, 5.74) is 3.16. The van der Waals surface area contributed by atoms with Crippen LogP contribution >= 0.6 is 0 Å². The van der Waals surface area contributed by atoms with Crippen LogP contribution in [0, 0.1) is 0 Å². The molecule has 4 rings (SSSR count). The number of amides is 1. The average Bonchev–Trinajstić information content (AvgIpc) is 3.38. The Labute approximate surface area is 152 Å². The van der Waals surface area contributed by atoms with E-state index in [0.717, 1.165) is 48.6 Å². The van der Waals surface area contributed by atoms with Gasteiger partial charge in [-0.3, -0.25) is 4.79 Å². The van der Waals surface area contributed by atoms with Crippen molar-refractivity contribution in [1.29, 1.82) is 0 Å². The van der Waals surface area contributed by atoms with Gasteiger partial charge in [0.15, 0.2) is 0 Å². The SMILES string of the molecule is COc1cccc(-c2cc(C(=O)N3CCCC3)n(-c3ccccc3)n2)c1. The largest absolute Gasteiger partial charge is 0.497 e. The highest BCUT2D eigenvalue weighted by Crippen LogP contribution is 2.26. The first-order valence-electron chi connectivity index (χ1n) is 8.85. The first kappa shape index (κ1) is 16.4. The standard InChI is InChI=1S/C21H21N3O2/c1-26-18-11-7-8-16(14-18)19-15-20(21(25)23-12-5-6-13-23)24(22-19)17-9-3-2-4-10-17/h2-4,7-11,14-15H,5-6,12-13H2,1H3. The molecule has 1 aliphatic rings. The summed E-state index contributed by atoms with van der Waals surface area (Å²) in [4.78, 5) is 15.0. The molecule has 0 N–H and O–H groups in total. The van der Waals surface area contributed by atoms with Crippen LogP contribution in [0.4, 0.5) is 0 Å². The number of methoxy groups -OCH3 is 1. The van der Waals surface area contributed by atoms with E-state index >= 15 is 0 Å². The molecule has 1 amide bonds. The Hall–Kier alpha value is -3.08. The first-order valence-corrected chi connectivity index (χ1v) is 8.85. The molecule has 5 heteroatoms. The smallest absolute Gasteiger partial charge is 0.272 e. The Morgan fingerprint density at radius 3 is 2.50 bits per heavy atom. The minimum Gasteiger partial charge on any atom is -0.497 e. The number of nitrogens with zero attached hydrogens (tertiary/aromatic N) is 3. The summed E-state index contributed by atoms with van der Waals surface area (Å²) in [5.74, 6) is 0.803. The maximum Gasteiger partial charge on any atom is 0.272 e. The molecule has 0 aliphatic carbocycles. The average molecular weight is 347 g/mol. The van der Waals surface area contributed by atoms with E-state index in [2.05, 4.69) is 0 Å². The number of carbonyl (C=O) groups is 1. The Morgan fingerprint density at radius 2 is 1.77 bits per heavy atom. The van der Waals surface area contributed by atoms with Crippen molar-refractivity contribution >= 4 is 5.91 Å². The predicted octanol–water partition coefficient (Wildman–Crippen LogP) is 3.78. The molecule has 3 aromatic rings. The number of carbonyl (C=O) groups excluding carboxylic acids is 1. The minimum atomic E-state index is 0.0352. The van der Waals surface area contributed by atoms with Gasteiger partial charge in [0.05, 0.1) is 18.5 Å². The third-order valence-corrected chi connectivity index (χ3v) is 4.69. The summed E-state index contributed by atoms with van der Waals surface area (Å²) in [6.07, 6.45) is 2.13. The number of likely N-dealkylation sites (tertiary alicyclic amines) is 1. The Bertz CT molecular complexity index is 912. The summed E-state index contributed by atoms with van der Waals surface area (Å²) >= 11 is 0. The number of rotatable bonds is 4. The number of ether oxygens (including phenoxy) is 1. The maximum absolute atomic E-state index is 13.0. The van der Waals surface area contributed by atoms with Crippen molar-refractivity contribution in [2.24, 2.45) is 0 Å². The van der Waals surface area contributed by atoms with Crippen molar-refractivity contribution < 1.29 is 9.53 Å². The fraction of sp³-hybridized carbons (Fsp3) is 0.238. The van der Waals surface area contributed by atoms with Crippen LogP contribution in [0.3, 0.4) is 0 Å². The van der Waals surface area contributed by atoms with Gasteiger partial charge in [-0.1, -0.05) is 30.3 Å². The Kier molecular flexibility index (Phi) is 4.44. The summed E-state index contributed by atoms with van der Waals surface area (Å²) in [5, 5.41) is 4.73. The molecule has 1 aliphatic heterocycles.